The first kappa shape index (κ1) is 13.0. The van der Waals surface area contributed by atoms with E-state index in [0.717, 1.165) is 36.8 Å². The van der Waals surface area contributed by atoms with Crippen molar-refractivity contribution in [2.45, 2.75) is 12.3 Å². The van der Waals surface area contributed by atoms with Crippen molar-refractivity contribution in [1.82, 2.24) is 4.90 Å². The minimum Gasteiger partial charge on any atom is -0.370 e. The van der Waals surface area contributed by atoms with E-state index in [4.69, 9.17) is 23.2 Å². The predicted molar refractivity (Wildman–Crippen MR) is 75.3 cm³/mol. The first-order valence-corrected chi connectivity index (χ1v) is 6.90. The van der Waals surface area contributed by atoms with Gasteiger partial charge in [-0.2, -0.15) is 0 Å². The van der Waals surface area contributed by atoms with Gasteiger partial charge in [-0.25, -0.2) is 0 Å². The molecule has 17 heavy (non-hydrogen) atoms. The molecule has 1 aliphatic rings. The minimum atomic E-state index is 0.474. The number of benzene rings is 1. The molecule has 0 N–H and O–H groups in total. The van der Waals surface area contributed by atoms with Gasteiger partial charge < -0.3 is 9.80 Å². The van der Waals surface area contributed by atoms with Crippen molar-refractivity contribution in [2.24, 2.45) is 0 Å². The number of alkyl halides is 1. The Balaban J connectivity index is 2.23. The number of hydrogen-bond donors (Lipinski definition) is 0. The van der Waals surface area contributed by atoms with E-state index in [2.05, 4.69) is 22.9 Å². The monoisotopic (exact) mass is 272 g/mol. The molecule has 0 aliphatic carbocycles. The van der Waals surface area contributed by atoms with Crippen molar-refractivity contribution in [1.29, 1.82) is 0 Å². The van der Waals surface area contributed by atoms with Gasteiger partial charge >= 0.3 is 0 Å². The first-order valence-electron chi connectivity index (χ1n) is 5.99. The Morgan fingerprint density at radius 1 is 1.18 bits per heavy atom. The van der Waals surface area contributed by atoms with E-state index in [0.29, 0.717) is 5.88 Å². The van der Waals surface area contributed by atoms with Crippen LogP contribution in [-0.4, -0.2) is 38.1 Å². The summed E-state index contributed by atoms with van der Waals surface area (Å²) in [5.74, 6) is 0.474. The van der Waals surface area contributed by atoms with Crippen LogP contribution < -0.4 is 4.90 Å². The maximum absolute atomic E-state index is 6.20. The Bertz CT molecular complexity index is 382. The number of nitrogens with zero attached hydrogens (tertiary/aromatic N) is 2. The molecule has 1 aromatic rings. The molecule has 1 heterocycles. The lowest BCUT2D eigenvalue weighted by Gasteiger charge is -2.25. The summed E-state index contributed by atoms with van der Waals surface area (Å²) in [5, 5.41) is 0.773. The summed E-state index contributed by atoms with van der Waals surface area (Å²) >= 11 is 12.2. The molecule has 1 fully saturated rings. The average Bonchev–Trinajstić information content (AvgIpc) is 2.54. The number of anilines is 1. The molecule has 0 atom stereocenters. The number of likely N-dealkylation sites (N-methyl/N-ethyl adjacent to an activating group) is 1. The average molecular weight is 273 g/mol. The van der Waals surface area contributed by atoms with Crippen LogP contribution in [0.2, 0.25) is 5.02 Å². The minimum absolute atomic E-state index is 0.474. The van der Waals surface area contributed by atoms with Gasteiger partial charge in [0.1, 0.15) is 0 Å². The quantitative estimate of drug-likeness (QED) is 0.763. The normalized spacial score (nSPS) is 18.2. The molecule has 0 amide bonds. The van der Waals surface area contributed by atoms with Crippen molar-refractivity contribution in [3.8, 4) is 0 Å². The molecule has 4 heteroatoms. The van der Waals surface area contributed by atoms with Crippen LogP contribution in [0.1, 0.15) is 12.0 Å². The summed E-state index contributed by atoms with van der Waals surface area (Å²) in [4.78, 5) is 4.76. The zero-order chi connectivity index (χ0) is 12.3. The molecular formula is C13H18Cl2N2. The van der Waals surface area contributed by atoms with Gasteiger partial charge in [0.25, 0.3) is 0 Å². The second kappa shape index (κ2) is 5.94. The number of rotatable bonds is 2. The van der Waals surface area contributed by atoms with Crippen LogP contribution in [0.3, 0.4) is 0 Å². The summed E-state index contributed by atoms with van der Waals surface area (Å²) in [6, 6.07) is 6.03. The molecule has 94 valence electrons. The van der Waals surface area contributed by atoms with E-state index in [1.807, 2.05) is 12.1 Å². The smallest absolute Gasteiger partial charge is 0.0509 e. The highest BCUT2D eigenvalue weighted by Crippen LogP contribution is 2.29. The van der Waals surface area contributed by atoms with Crippen molar-refractivity contribution < 1.29 is 0 Å². The molecule has 1 aliphatic heterocycles. The molecule has 0 aromatic heterocycles. The van der Waals surface area contributed by atoms with Crippen LogP contribution in [0.4, 0.5) is 5.69 Å². The number of halogens is 2. The summed E-state index contributed by atoms with van der Waals surface area (Å²) in [7, 11) is 2.17. The Kier molecular flexibility index (Phi) is 4.55. The van der Waals surface area contributed by atoms with Crippen molar-refractivity contribution in [3.63, 3.8) is 0 Å². The van der Waals surface area contributed by atoms with E-state index in [-0.39, 0.29) is 0 Å². The van der Waals surface area contributed by atoms with Crippen LogP contribution in [-0.2, 0) is 5.88 Å². The van der Waals surface area contributed by atoms with E-state index < -0.39 is 0 Å². The predicted octanol–water partition coefficient (Wildman–Crippen LogP) is 3.22. The second-order valence-electron chi connectivity index (χ2n) is 4.52. The van der Waals surface area contributed by atoms with Gasteiger partial charge in [-0.1, -0.05) is 17.7 Å². The largest absolute Gasteiger partial charge is 0.370 e. The van der Waals surface area contributed by atoms with Gasteiger partial charge in [0.15, 0.2) is 0 Å². The lowest BCUT2D eigenvalue weighted by atomic mass is 10.1. The Morgan fingerprint density at radius 3 is 2.76 bits per heavy atom. The standard InChI is InChI=1S/C13H18Cl2N2/c1-16-6-3-7-17(9-8-16)13-5-2-4-12(15)11(13)10-14/h2,4-5H,3,6-10H2,1H3. The summed E-state index contributed by atoms with van der Waals surface area (Å²) in [6.45, 7) is 4.37. The zero-order valence-electron chi connectivity index (χ0n) is 10.1. The Labute approximate surface area is 113 Å². The van der Waals surface area contributed by atoms with Gasteiger partial charge in [-0.05, 0) is 32.1 Å². The highest BCUT2D eigenvalue weighted by Gasteiger charge is 2.16. The molecule has 0 radical (unpaired) electrons. The lowest BCUT2D eigenvalue weighted by molar-refractivity contribution is 0.360. The molecule has 0 unspecified atom stereocenters. The van der Waals surface area contributed by atoms with E-state index in [1.54, 1.807) is 0 Å². The summed E-state index contributed by atoms with van der Waals surface area (Å²) < 4.78 is 0. The van der Waals surface area contributed by atoms with Crippen LogP contribution in [0.15, 0.2) is 18.2 Å². The Hall–Kier alpha value is -0.440. The maximum atomic E-state index is 6.20. The zero-order valence-corrected chi connectivity index (χ0v) is 11.6. The first-order chi connectivity index (χ1) is 8.22. The third kappa shape index (κ3) is 3.06. The summed E-state index contributed by atoms with van der Waals surface area (Å²) in [5.41, 5.74) is 2.25. The van der Waals surface area contributed by atoms with Gasteiger partial charge in [0, 0.05) is 35.9 Å². The fourth-order valence-corrected chi connectivity index (χ4v) is 2.85. The van der Waals surface area contributed by atoms with Crippen LogP contribution in [0.5, 0.6) is 0 Å². The molecule has 0 spiro atoms. The molecule has 2 rings (SSSR count). The molecule has 1 saturated heterocycles. The van der Waals surface area contributed by atoms with Crippen molar-refractivity contribution >= 4 is 28.9 Å². The third-order valence-corrected chi connectivity index (χ3v) is 3.91. The fourth-order valence-electron chi connectivity index (χ4n) is 2.26. The fraction of sp³-hybridized carbons (Fsp3) is 0.538. The molecule has 1 aromatic carbocycles. The van der Waals surface area contributed by atoms with Gasteiger partial charge in [0.05, 0.1) is 5.88 Å². The van der Waals surface area contributed by atoms with Crippen LogP contribution >= 0.6 is 23.2 Å². The van der Waals surface area contributed by atoms with E-state index >= 15 is 0 Å². The van der Waals surface area contributed by atoms with E-state index in [1.165, 1.54) is 12.1 Å². The van der Waals surface area contributed by atoms with Crippen LogP contribution in [0.25, 0.3) is 0 Å². The number of hydrogen-bond acceptors (Lipinski definition) is 2. The van der Waals surface area contributed by atoms with E-state index in [9.17, 15) is 0 Å². The third-order valence-electron chi connectivity index (χ3n) is 3.29. The summed E-state index contributed by atoms with van der Waals surface area (Å²) in [6.07, 6.45) is 1.19. The van der Waals surface area contributed by atoms with Crippen molar-refractivity contribution in [2.75, 3.05) is 38.1 Å². The Morgan fingerprint density at radius 2 is 2.00 bits per heavy atom. The van der Waals surface area contributed by atoms with Gasteiger partial charge in [0.2, 0.25) is 0 Å². The van der Waals surface area contributed by atoms with Crippen molar-refractivity contribution in [3.05, 3.63) is 28.8 Å². The second-order valence-corrected chi connectivity index (χ2v) is 5.19. The van der Waals surface area contributed by atoms with Gasteiger partial charge in [-0.3, -0.25) is 0 Å². The lowest BCUT2D eigenvalue weighted by Crippen LogP contribution is -2.29. The SMILES string of the molecule is CN1CCCN(c2cccc(Cl)c2CCl)CC1. The molecular weight excluding hydrogens is 255 g/mol. The molecule has 2 nitrogen and oxygen atoms in total. The topological polar surface area (TPSA) is 6.48 Å². The molecule has 0 bridgehead atoms. The van der Waals surface area contributed by atoms with Gasteiger partial charge in [-0.15, -0.1) is 11.6 Å². The molecule has 0 saturated carbocycles. The van der Waals surface area contributed by atoms with Crippen LogP contribution in [0, 0.1) is 0 Å². The highest BCUT2D eigenvalue weighted by atomic mass is 35.5. The maximum Gasteiger partial charge on any atom is 0.0509 e. The highest BCUT2D eigenvalue weighted by molar-refractivity contribution is 6.32.